The molecule has 0 amide bonds. The molecular formula is C9H12N4. The van der Waals surface area contributed by atoms with E-state index in [0.29, 0.717) is 5.65 Å². The molecule has 68 valence electrons. The summed E-state index contributed by atoms with van der Waals surface area (Å²) in [4.78, 5) is 7.03. The predicted octanol–water partition coefficient (Wildman–Crippen LogP) is 1.70. The first kappa shape index (κ1) is 8.16. The van der Waals surface area contributed by atoms with Crippen LogP contribution >= 0.6 is 0 Å². The van der Waals surface area contributed by atoms with Crippen LogP contribution in [0.3, 0.4) is 0 Å². The van der Waals surface area contributed by atoms with E-state index in [1.807, 2.05) is 6.07 Å². The maximum Gasteiger partial charge on any atom is 0.199 e. The summed E-state index contributed by atoms with van der Waals surface area (Å²) < 4.78 is 0. The molecule has 0 bridgehead atoms. The number of H-pyrrole nitrogens is 1. The number of nitrogens with one attached hydrogen (secondary N) is 1. The maximum absolute atomic E-state index is 4.08. The van der Waals surface area contributed by atoms with Crippen LogP contribution in [-0.4, -0.2) is 20.2 Å². The van der Waals surface area contributed by atoms with Crippen LogP contribution in [0.5, 0.6) is 0 Å². The highest BCUT2D eigenvalue weighted by atomic mass is 15.1. The predicted molar refractivity (Wildman–Crippen MR) is 50.3 cm³/mol. The van der Waals surface area contributed by atoms with Crippen molar-refractivity contribution in [1.82, 2.24) is 20.2 Å². The van der Waals surface area contributed by atoms with Gasteiger partial charge in [0.25, 0.3) is 0 Å². The summed E-state index contributed by atoms with van der Waals surface area (Å²) >= 11 is 0. The van der Waals surface area contributed by atoms with Crippen molar-refractivity contribution in [3.8, 4) is 0 Å². The van der Waals surface area contributed by atoms with Crippen molar-refractivity contribution in [2.45, 2.75) is 26.2 Å². The zero-order chi connectivity index (χ0) is 9.10. The normalized spacial score (nSPS) is 10.8. The zero-order valence-corrected chi connectivity index (χ0v) is 7.62. The molecule has 2 aromatic rings. The molecule has 0 aliphatic carbocycles. The first-order chi connectivity index (χ1) is 6.40. The number of aromatic amines is 1. The van der Waals surface area contributed by atoms with Gasteiger partial charge in [-0.3, -0.25) is 0 Å². The molecule has 4 heteroatoms. The summed E-state index contributed by atoms with van der Waals surface area (Å²) in [6.07, 6.45) is 4.98. The first-order valence-corrected chi connectivity index (χ1v) is 4.56. The average molecular weight is 176 g/mol. The molecule has 0 radical (unpaired) electrons. The molecule has 0 unspecified atom stereocenters. The van der Waals surface area contributed by atoms with Crippen molar-refractivity contribution in [3.63, 3.8) is 0 Å². The number of aryl methyl sites for hydroxylation is 1. The second kappa shape index (κ2) is 3.51. The molecule has 0 spiro atoms. The van der Waals surface area contributed by atoms with E-state index in [-0.39, 0.29) is 0 Å². The minimum absolute atomic E-state index is 0.695. The highest BCUT2D eigenvalue weighted by molar-refractivity contribution is 5.68. The number of hydrogen-bond acceptors (Lipinski definition) is 3. The average Bonchev–Trinajstić information content (AvgIpc) is 2.61. The molecule has 0 saturated carbocycles. The Labute approximate surface area is 76.4 Å². The third-order valence-electron chi connectivity index (χ3n) is 2.02. The Hall–Kier alpha value is -1.45. The minimum Gasteiger partial charge on any atom is -0.343 e. The van der Waals surface area contributed by atoms with Crippen molar-refractivity contribution in [1.29, 1.82) is 0 Å². The summed E-state index contributed by atoms with van der Waals surface area (Å²) in [5.41, 5.74) is 2.71. The summed E-state index contributed by atoms with van der Waals surface area (Å²) in [6, 6.07) is 2.02. The summed E-state index contributed by atoms with van der Waals surface area (Å²) in [5.74, 6) is 0. The molecule has 2 aromatic heterocycles. The lowest BCUT2D eigenvalue weighted by Crippen LogP contribution is -1.93. The molecular weight excluding hydrogens is 164 g/mol. The Morgan fingerprint density at radius 2 is 2.31 bits per heavy atom. The van der Waals surface area contributed by atoms with Gasteiger partial charge in [0.1, 0.15) is 0 Å². The third kappa shape index (κ3) is 1.66. The van der Waals surface area contributed by atoms with Gasteiger partial charge in [-0.25, -0.2) is 4.98 Å². The quantitative estimate of drug-likeness (QED) is 0.774. The summed E-state index contributed by atoms with van der Waals surface area (Å²) in [7, 11) is 0. The van der Waals surface area contributed by atoms with Crippen LogP contribution in [0, 0.1) is 0 Å². The highest BCUT2D eigenvalue weighted by Crippen LogP contribution is 2.07. The molecule has 13 heavy (non-hydrogen) atoms. The fourth-order valence-electron chi connectivity index (χ4n) is 1.27. The fourth-order valence-corrected chi connectivity index (χ4v) is 1.27. The number of fused-ring (bicyclic) bond motifs is 1. The number of nitrogens with zero attached hydrogens (tertiary/aromatic N) is 3. The summed E-state index contributed by atoms with van der Waals surface area (Å²) in [5, 5.41) is 8.09. The van der Waals surface area contributed by atoms with Gasteiger partial charge >= 0.3 is 0 Å². The van der Waals surface area contributed by atoms with E-state index in [1.54, 1.807) is 6.33 Å². The van der Waals surface area contributed by atoms with Crippen molar-refractivity contribution in [3.05, 3.63) is 18.1 Å². The monoisotopic (exact) mass is 176 g/mol. The SMILES string of the molecule is CCCCc1cc2[nH]cnc2nn1. The third-order valence-corrected chi connectivity index (χ3v) is 2.02. The second-order valence-corrected chi connectivity index (χ2v) is 3.08. The van der Waals surface area contributed by atoms with E-state index in [4.69, 9.17) is 0 Å². The maximum atomic E-state index is 4.08. The van der Waals surface area contributed by atoms with Crippen LogP contribution in [0.4, 0.5) is 0 Å². The molecule has 1 N–H and O–H groups in total. The van der Waals surface area contributed by atoms with E-state index in [0.717, 1.165) is 24.1 Å². The van der Waals surface area contributed by atoms with Gasteiger partial charge in [-0.1, -0.05) is 13.3 Å². The van der Waals surface area contributed by atoms with Gasteiger partial charge < -0.3 is 4.98 Å². The van der Waals surface area contributed by atoms with Gasteiger partial charge in [-0.05, 0) is 18.9 Å². The van der Waals surface area contributed by atoms with E-state index < -0.39 is 0 Å². The molecule has 2 heterocycles. The standard InChI is InChI=1S/C9H12N4/c1-2-3-4-7-5-8-9(13-12-7)11-6-10-8/h5-6H,2-4H2,1H3,(H,10,11,13). The number of aromatic nitrogens is 4. The lowest BCUT2D eigenvalue weighted by atomic mass is 10.2. The molecule has 0 aromatic carbocycles. The molecule has 0 saturated heterocycles. The van der Waals surface area contributed by atoms with Crippen LogP contribution in [0.2, 0.25) is 0 Å². The second-order valence-electron chi connectivity index (χ2n) is 3.08. The van der Waals surface area contributed by atoms with E-state index in [2.05, 4.69) is 27.1 Å². The number of unbranched alkanes of at least 4 members (excludes halogenated alkanes) is 1. The fraction of sp³-hybridized carbons (Fsp3) is 0.444. The summed E-state index contributed by atoms with van der Waals surface area (Å²) in [6.45, 7) is 2.17. The highest BCUT2D eigenvalue weighted by Gasteiger charge is 2.00. The Bertz CT molecular complexity index is 393. The van der Waals surface area contributed by atoms with Crippen LogP contribution < -0.4 is 0 Å². The van der Waals surface area contributed by atoms with Gasteiger partial charge in [-0.15, -0.1) is 5.10 Å². The zero-order valence-electron chi connectivity index (χ0n) is 7.62. The largest absolute Gasteiger partial charge is 0.343 e. The number of rotatable bonds is 3. The van der Waals surface area contributed by atoms with E-state index in [1.165, 1.54) is 6.42 Å². The van der Waals surface area contributed by atoms with Crippen molar-refractivity contribution in [2.24, 2.45) is 0 Å². The Kier molecular flexibility index (Phi) is 2.21. The van der Waals surface area contributed by atoms with Crippen molar-refractivity contribution >= 4 is 11.2 Å². The Morgan fingerprint density at radius 3 is 3.15 bits per heavy atom. The van der Waals surface area contributed by atoms with Crippen LogP contribution in [0.25, 0.3) is 11.2 Å². The van der Waals surface area contributed by atoms with Crippen molar-refractivity contribution < 1.29 is 0 Å². The van der Waals surface area contributed by atoms with Crippen LogP contribution in [-0.2, 0) is 6.42 Å². The van der Waals surface area contributed by atoms with Gasteiger partial charge in [0, 0.05) is 0 Å². The van der Waals surface area contributed by atoms with Gasteiger partial charge in [0.2, 0.25) is 0 Å². The lowest BCUT2D eigenvalue weighted by Gasteiger charge is -1.96. The van der Waals surface area contributed by atoms with Gasteiger partial charge in [-0.2, -0.15) is 5.10 Å². The Morgan fingerprint density at radius 1 is 1.38 bits per heavy atom. The molecule has 0 atom stereocenters. The lowest BCUT2D eigenvalue weighted by molar-refractivity contribution is 0.763. The molecule has 4 nitrogen and oxygen atoms in total. The molecule has 0 aliphatic heterocycles. The molecule has 0 aliphatic rings. The number of hydrogen-bond donors (Lipinski definition) is 1. The van der Waals surface area contributed by atoms with E-state index >= 15 is 0 Å². The van der Waals surface area contributed by atoms with Gasteiger partial charge in [0.05, 0.1) is 17.5 Å². The number of imidazole rings is 1. The van der Waals surface area contributed by atoms with Crippen LogP contribution in [0.1, 0.15) is 25.5 Å². The van der Waals surface area contributed by atoms with E-state index in [9.17, 15) is 0 Å². The Balaban J connectivity index is 2.26. The smallest absolute Gasteiger partial charge is 0.199 e. The first-order valence-electron chi connectivity index (χ1n) is 4.56. The molecule has 0 fully saturated rings. The van der Waals surface area contributed by atoms with Crippen molar-refractivity contribution in [2.75, 3.05) is 0 Å². The minimum atomic E-state index is 0.695. The molecule has 2 rings (SSSR count). The van der Waals surface area contributed by atoms with Crippen LogP contribution in [0.15, 0.2) is 12.4 Å². The van der Waals surface area contributed by atoms with Gasteiger partial charge in [0.15, 0.2) is 5.65 Å². The topological polar surface area (TPSA) is 54.5 Å².